The maximum atomic E-state index is 14.2. The van der Waals surface area contributed by atoms with Crippen LogP contribution in [0.1, 0.15) is 51.5 Å². The van der Waals surface area contributed by atoms with Crippen molar-refractivity contribution in [1.29, 1.82) is 0 Å². The lowest BCUT2D eigenvalue weighted by Gasteiger charge is -2.38. The lowest BCUT2D eigenvalue weighted by atomic mass is 9.93. The predicted octanol–water partition coefficient (Wildman–Crippen LogP) is 5.32. The summed E-state index contributed by atoms with van der Waals surface area (Å²) >= 11 is 5.83. The van der Waals surface area contributed by atoms with Crippen LogP contribution >= 0.6 is 11.6 Å². The molecule has 6 nitrogen and oxygen atoms in total. The molecule has 0 bridgehead atoms. The van der Waals surface area contributed by atoms with Gasteiger partial charge < -0.3 is 20.7 Å². The molecule has 3 N–H and O–H groups in total. The average molecular weight is 490 g/mol. The Kier molecular flexibility index (Phi) is 9.16. The van der Waals surface area contributed by atoms with Gasteiger partial charge in [0.05, 0.1) is 17.8 Å². The first-order valence-electron chi connectivity index (χ1n) is 11.8. The largest absolute Gasteiger partial charge is 0.484 e. The summed E-state index contributed by atoms with van der Waals surface area (Å²) in [5.74, 6) is -0.632. The number of ether oxygens (including phenoxy) is 1. The highest BCUT2D eigenvalue weighted by atomic mass is 35.5. The Hall–Kier alpha value is -2.80. The second kappa shape index (κ2) is 12.1. The van der Waals surface area contributed by atoms with E-state index in [9.17, 15) is 14.0 Å². The molecule has 0 unspecified atom stereocenters. The van der Waals surface area contributed by atoms with Gasteiger partial charge in [-0.15, -0.1) is 0 Å². The van der Waals surface area contributed by atoms with E-state index in [0.717, 1.165) is 25.1 Å². The van der Waals surface area contributed by atoms with E-state index in [1.165, 1.54) is 31.4 Å². The number of carbonyl (C=O) groups excluding carboxylic acids is 2. The molecule has 2 amide bonds. The zero-order chi connectivity index (χ0) is 24.7. The Labute approximate surface area is 205 Å². The van der Waals surface area contributed by atoms with Crippen LogP contribution in [-0.4, -0.2) is 31.0 Å². The van der Waals surface area contributed by atoms with Crippen molar-refractivity contribution < 1.29 is 18.7 Å². The van der Waals surface area contributed by atoms with Crippen molar-refractivity contribution in [2.24, 2.45) is 11.7 Å². The monoisotopic (exact) mass is 489 g/mol. The summed E-state index contributed by atoms with van der Waals surface area (Å²) in [6, 6.07) is 10.0. The quantitative estimate of drug-likeness (QED) is 0.473. The van der Waals surface area contributed by atoms with Crippen LogP contribution in [0.4, 0.5) is 15.8 Å². The fourth-order valence-electron chi connectivity index (χ4n) is 4.37. The normalized spacial score (nSPS) is 14.1. The molecule has 3 rings (SSSR count). The standard InChI is InChI=1S/C26H33ClFN3O3/c1-17(2)15-31(20-6-4-3-5-7-20)24-11-10-21(34-16-25(29)32)14-23(24)30-26(33)12-18-8-9-19(27)13-22(18)28/h8-11,13-14,17,20H,3-7,12,15-16H2,1-2H3,(H2,29,32)(H,30,33). The lowest BCUT2D eigenvalue weighted by molar-refractivity contribution is -0.120. The zero-order valence-corrected chi connectivity index (χ0v) is 20.5. The highest BCUT2D eigenvalue weighted by Gasteiger charge is 2.25. The molecule has 1 fully saturated rings. The molecule has 1 saturated carbocycles. The third-order valence-corrected chi connectivity index (χ3v) is 6.11. The van der Waals surface area contributed by atoms with E-state index in [1.807, 2.05) is 6.07 Å². The van der Waals surface area contributed by atoms with E-state index >= 15 is 0 Å². The number of carbonyl (C=O) groups is 2. The number of anilines is 2. The first kappa shape index (κ1) is 25.8. The first-order valence-corrected chi connectivity index (χ1v) is 12.2. The number of nitrogens with zero attached hydrogens (tertiary/aromatic N) is 1. The van der Waals surface area contributed by atoms with Crippen LogP contribution in [0.25, 0.3) is 0 Å². The van der Waals surface area contributed by atoms with Crippen LogP contribution in [0.15, 0.2) is 36.4 Å². The van der Waals surface area contributed by atoms with Crippen LogP contribution < -0.4 is 20.7 Å². The Morgan fingerprint density at radius 1 is 1.18 bits per heavy atom. The molecule has 0 radical (unpaired) electrons. The fraction of sp³-hybridized carbons (Fsp3) is 0.462. The van der Waals surface area contributed by atoms with Crippen molar-refractivity contribution in [3.8, 4) is 5.75 Å². The minimum atomic E-state index is -0.587. The zero-order valence-electron chi connectivity index (χ0n) is 19.8. The number of halogens is 2. The molecule has 2 aromatic carbocycles. The van der Waals surface area contributed by atoms with Gasteiger partial charge in [0.15, 0.2) is 6.61 Å². The van der Waals surface area contributed by atoms with Crippen molar-refractivity contribution in [3.05, 3.63) is 52.8 Å². The smallest absolute Gasteiger partial charge is 0.255 e. The van der Waals surface area contributed by atoms with Crippen LogP contribution in [0, 0.1) is 11.7 Å². The van der Waals surface area contributed by atoms with Gasteiger partial charge >= 0.3 is 0 Å². The second-order valence-electron chi connectivity index (χ2n) is 9.23. The SMILES string of the molecule is CC(C)CN(c1ccc(OCC(N)=O)cc1NC(=O)Cc1ccc(Cl)cc1F)C1CCCCC1. The summed E-state index contributed by atoms with van der Waals surface area (Å²) in [6.45, 7) is 4.91. The number of benzene rings is 2. The van der Waals surface area contributed by atoms with Crippen molar-refractivity contribution in [3.63, 3.8) is 0 Å². The molecule has 1 aliphatic rings. The summed E-state index contributed by atoms with van der Waals surface area (Å²) in [4.78, 5) is 26.5. The van der Waals surface area contributed by atoms with Gasteiger partial charge in [0, 0.05) is 23.7 Å². The van der Waals surface area contributed by atoms with Gasteiger partial charge in [-0.2, -0.15) is 0 Å². The molecular weight excluding hydrogens is 457 g/mol. The van der Waals surface area contributed by atoms with Crippen molar-refractivity contribution in [2.45, 2.75) is 58.4 Å². The topological polar surface area (TPSA) is 84.7 Å². The van der Waals surface area contributed by atoms with Gasteiger partial charge in [-0.05, 0) is 48.6 Å². The summed E-state index contributed by atoms with van der Waals surface area (Å²) < 4.78 is 19.7. The van der Waals surface area contributed by atoms with Crippen LogP contribution in [0.3, 0.4) is 0 Å². The van der Waals surface area contributed by atoms with E-state index in [2.05, 4.69) is 24.1 Å². The molecule has 0 saturated heterocycles. The Morgan fingerprint density at radius 2 is 1.91 bits per heavy atom. The molecule has 34 heavy (non-hydrogen) atoms. The Balaban J connectivity index is 1.90. The van der Waals surface area contributed by atoms with E-state index < -0.39 is 11.7 Å². The maximum Gasteiger partial charge on any atom is 0.255 e. The summed E-state index contributed by atoms with van der Waals surface area (Å²) in [7, 11) is 0. The minimum Gasteiger partial charge on any atom is -0.484 e. The molecule has 184 valence electrons. The molecule has 2 aromatic rings. The number of hydrogen-bond donors (Lipinski definition) is 2. The number of nitrogens with one attached hydrogen (secondary N) is 1. The van der Waals surface area contributed by atoms with Gasteiger partial charge in [0.2, 0.25) is 5.91 Å². The number of primary amides is 1. The fourth-order valence-corrected chi connectivity index (χ4v) is 4.53. The average Bonchev–Trinajstić information content (AvgIpc) is 2.79. The van der Waals surface area contributed by atoms with Crippen molar-refractivity contribution in [2.75, 3.05) is 23.4 Å². The third-order valence-electron chi connectivity index (χ3n) is 5.88. The maximum absolute atomic E-state index is 14.2. The van der Waals surface area contributed by atoms with Gasteiger partial charge in [0.1, 0.15) is 11.6 Å². The minimum absolute atomic E-state index is 0.136. The Morgan fingerprint density at radius 3 is 2.56 bits per heavy atom. The molecule has 8 heteroatoms. The van der Waals surface area contributed by atoms with Crippen LogP contribution in [-0.2, 0) is 16.0 Å². The summed E-state index contributed by atoms with van der Waals surface area (Å²) in [5.41, 5.74) is 6.92. The van der Waals surface area contributed by atoms with Gasteiger partial charge in [0.25, 0.3) is 5.91 Å². The number of hydrogen-bond acceptors (Lipinski definition) is 4. The molecule has 0 aliphatic heterocycles. The van der Waals surface area contributed by atoms with Crippen molar-refractivity contribution in [1.82, 2.24) is 0 Å². The van der Waals surface area contributed by atoms with Crippen molar-refractivity contribution >= 4 is 34.8 Å². The molecule has 0 spiro atoms. The van der Waals surface area contributed by atoms with Gasteiger partial charge in [-0.25, -0.2) is 4.39 Å². The second-order valence-corrected chi connectivity index (χ2v) is 9.67. The Bertz CT molecular complexity index is 1010. The van der Waals surface area contributed by atoms with Gasteiger partial charge in [-0.3, -0.25) is 9.59 Å². The number of nitrogens with two attached hydrogens (primary N) is 1. The van der Waals surface area contributed by atoms with Crippen LogP contribution in [0.5, 0.6) is 5.75 Å². The molecule has 0 aromatic heterocycles. The summed E-state index contributed by atoms with van der Waals surface area (Å²) in [6.07, 6.45) is 5.64. The highest BCUT2D eigenvalue weighted by molar-refractivity contribution is 6.30. The van der Waals surface area contributed by atoms with Gasteiger partial charge in [-0.1, -0.05) is 50.8 Å². The molecule has 1 aliphatic carbocycles. The highest BCUT2D eigenvalue weighted by Crippen LogP contribution is 2.36. The number of amides is 2. The first-order chi connectivity index (χ1) is 16.2. The van der Waals surface area contributed by atoms with Crippen LogP contribution in [0.2, 0.25) is 5.02 Å². The van der Waals surface area contributed by atoms with E-state index in [1.54, 1.807) is 18.2 Å². The number of rotatable bonds is 10. The lowest BCUT2D eigenvalue weighted by Crippen LogP contribution is -2.40. The van der Waals surface area contributed by atoms with E-state index in [0.29, 0.717) is 23.4 Å². The molecule has 0 atom stereocenters. The van der Waals surface area contributed by atoms with E-state index in [-0.39, 0.29) is 29.5 Å². The molecule has 0 heterocycles. The predicted molar refractivity (Wildman–Crippen MR) is 134 cm³/mol. The molecular formula is C26H33ClFN3O3. The van der Waals surface area contributed by atoms with E-state index in [4.69, 9.17) is 22.1 Å². The summed E-state index contributed by atoms with van der Waals surface area (Å²) in [5, 5.41) is 3.22. The third kappa shape index (κ3) is 7.35.